The van der Waals surface area contributed by atoms with Crippen LogP contribution in [0.3, 0.4) is 0 Å². The fraction of sp³-hybridized carbons (Fsp3) is 0.400. The normalized spacial score (nSPS) is 20.5. The smallest absolute Gasteiger partial charge is 0.319 e. The van der Waals surface area contributed by atoms with Gasteiger partial charge in [-0.05, 0) is 37.0 Å². The van der Waals surface area contributed by atoms with Gasteiger partial charge < -0.3 is 15.7 Å². The number of benzene rings is 1. The Morgan fingerprint density at radius 1 is 1.38 bits per heavy atom. The molecule has 0 heterocycles. The highest BCUT2D eigenvalue weighted by Gasteiger charge is 2.32. The molecule has 2 unspecified atom stereocenters. The summed E-state index contributed by atoms with van der Waals surface area (Å²) in [7, 11) is 0. The zero-order chi connectivity index (χ0) is 15.2. The second kappa shape index (κ2) is 6.75. The molecule has 0 bridgehead atoms. The van der Waals surface area contributed by atoms with Gasteiger partial charge in [0.15, 0.2) is 0 Å². The third-order valence-corrected chi connectivity index (χ3v) is 3.75. The molecule has 2 rings (SSSR count). The third-order valence-electron chi connectivity index (χ3n) is 3.75. The number of nitriles is 1. The van der Waals surface area contributed by atoms with Crippen molar-refractivity contribution < 1.29 is 14.7 Å². The molecular formula is C15H17N3O3. The number of carboxylic acid groups (broad SMARTS) is 1. The monoisotopic (exact) mass is 287 g/mol. The molecule has 1 fully saturated rings. The van der Waals surface area contributed by atoms with Crippen molar-refractivity contribution in [2.24, 2.45) is 11.8 Å². The summed E-state index contributed by atoms with van der Waals surface area (Å²) >= 11 is 0. The van der Waals surface area contributed by atoms with Crippen LogP contribution in [0.5, 0.6) is 0 Å². The highest BCUT2D eigenvalue weighted by Crippen LogP contribution is 2.31. The van der Waals surface area contributed by atoms with E-state index in [9.17, 15) is 9.59 Å². The molecule has 110 valence electrons. The maximum absolute atomic E-state index is 11.8. The first-order valence-corrected chi connectivity index (χ1v) is 6.88. The van der Waals surface area contributed by atoms with Crippen LogP contribution in [-0.4, -0.2) is 23.7 Å². The van der Waals surface area contributed by atoms with Gasteiger partial charge in [-0.1, -0.05) is 12.5 Å². The van der Waals surface area contributed by atoms with Crippen molar-refractivity contribution in [3.63, 3.8) is 0 Å². The average molecular weight is 287 g/mol. The van der Waals surface area contributed by atoms with Crippen LogP contribution < -0.4 is 10.6 Å². The van der Waals surface area contributed by atoms with Crippen molar-refractivity contribution in [3.05, 3.63) is 29.8 Å². The molecule has 0 radical (unpaired) electrons. The van der Waals surface area contributed by atoms with Crippen LogP contribution in [0, 0.1) is 23.2 Å². The van der Waals surface area contributed by atoms with E-state index in [1.54, 1.807) is 24.3 Å². The first-order chi connectivity index (χ1) is 10.1. The maximum atomic E-state index is 11.8. The lowest BCUT2D eigenvalue weighted by Gasteiger charge is -2.16. The molecule has 2 atom stereocenters. The molecule has 0 spiro atoms. The van der Waals surface area contributed by atoms with Gasteiger partial charge in [0.1, 0.15) is 0 Å². The number of carbonyl (C=O) groups is 2. The number of carbonyl (C=O) groups excluding carboxylic acids is 1. The molecule has 1 aliphatic carbocycles. The first-order valence-electron chi connectivity index (χ1n) is 6.88. The summed E-state index contributed by atoms with van der Waals surface area (Å²) < 4.78 is 0. The summed E-state index contributed by atoms with van der Waals surface area (Å²) in [4.78, 5) is 22.9. The zero-order valence-corrected chi connectivity index (χ0v) is 11.5. The summed E-state index contributed by atoms with van der Waals surface area (Å²) in [6.07, 6.45) is 2.38. The molecule has 0 aliphatic heterocycles. The number of urea groups is 1. The molecule has 0 aromatic heterocycles. The highest BCUT2D eigenvalue weighted by molar-refractivity contribution is 5.89. The van der Waals surface area contributed by atoms with Crippen LogP contribution in [0.2, 0.25) is 0 Å². The van der Waals surface area contributed by atoms with Gasteiger partial charge in [-0.15, -0.1) is 0 Å². The minimum Gasteiger partial charge on any atom is -0.481 e. The summed E-state index contributed by atoms with van der Waals surface area (Å²) in [5.41, 5.74) is 1.00. The quantitative estimate of drug-likeness (QED) is 0.789. The number of hydrogen-bond acceptors (Lipinski definition) is 3. The molecule has 1 aromatic carbocycles. The lowest BCUT2D eigenvalue weighted by Crippen LogP contribution is -2.35. The molecule has 0 saturated heterocycles. The van der Waals surface area contributed by atoms with Crippen LogP contribution in [-0.2, 0) is 4.79 Å². The van der Waals surface area contributed by atoms with Crippen LogP contribution in [0.1, 0.15) is 24.8 Å². The lowest BCUT2D eigenvalue weighted by molar-refractivity contribution is -0.142. The SMILES string of the molecule is N#Cc1cccc(NC(=O)NCC2CCCC2C(=O)O)c1. The van der Waals surface area contributed by atoms with E-state index < -0.39 is 5.97 Å². The summed E-state index contributed by atoms with van der Waals surface area (Å²) in [5.74, 6) is -1.17. The Hall–Kier alpha value is -2.55. The zero-order valence-electron chi connectivity index (χ0n) is 11.5. The van der Waals surface area contributed by atoms with E-state index in [0.717, 1.165) is 12.8 Å². The van der Waals surface area contributed by atoms with E-state index in [1.807, 2.05) is 6.07 Å². The van der Waals surface area contributed by atoms with Crippen molar-refractivity contribution in [2.45, 2.75) is 19.3 Å². The minimum absolute atomic E-state index is 0.0151. The van der Waals surface area contributed by atoms with Crippen LogP contribution in [0.4, 0.5) is 10.5 Å². The minimum atomic E-state index is -0.790. The van der Waals surface area contributed by atoms with Crippen molar-refractivity contribution in [3.8, 4) is 6.07 Å². The van der Waals surface area contributed by atoms with E-state index in [2.05, 4.69) is 10.6 Å². The van der Waals surface area contributed by atoms with Crippen LogP contribution in [0.15, 0.2) is 24.3 Å². The molecule has 1 aliphatic rings. The number of nitrogens with one attached hydrogen (secondary N) is 2. The van der Waals surface area contributed by atoms with E-state index in [4.69, 9.17) is 10.4 Å². The summed E-state index contributed by atoms with van der Waals surface area (Å²) in [6.45, 7) is 0.348. The molecular weight excluding hydrogens is 270 g/mol. The molecule has 1 saturated carbocycles. The van der Waals surface area contributed by atoms with Gasteiger partial charge in [0.2, 0.25) is 0 Å². The number of hydrogen-bond donors (Lipinski definition) is 3. The first kappa shape index (κ1) is 14.9. The summed E-state index contributed by atoms with van der Waals surface area (Å²) in [6, 6.07) is 8.22. The largest absolute Gasteiger partial charge is 0.481 e. The number of anilines is 1. The highest BCUT2D eigenvalue weighted by atomic mass is 16.4. The Labute approximate surface area is 122 Å². The molecule has 21 heavy (non-hydrogen) atoms. The van der Waals surface area contributed by atoms with Gasteiger partial charge in [0.05, 0.1) is 17.6 Å². The second-order valence-corrected chi connectivity index (χ2v) is 5.16. The molecule has 6 nitrogen and oxygen atoms in total. The molecule has 2 amide bonds. The van der Waals surface area contributed by atoms with Crippen LogP contribution >= 0.6 is 0 Å². The van der Waals surface area contributed by atoms with Crippen molar-refractivity contribution in [1.29, 1.82) is 5.26 Å². The molecule has 6 heteroatoms. The lowest BCUT2D eigenvalue weighted by atomic mass is 9.96. The van der Waals surface area contributed by atoms with Crippen molar-refractivity contribution in [1.82, 2.24) is 5.32 Å². The van der Waals surface area contributed by atoms with Crippen molar-refractivity contribution in [2.75, 3.05) is 11.9 Å². The number of carboxylic acids is 1. The number of rotatable bonds is 4. The van der Waals surface area contributed by atoms with Crippen molar-refractivity contribution >= 4 is 17.7 Å². The predicted molar refractivity (Wildman–Crippen MR) is 76.6 cm³/mol. The Bertz CT molecular complexity index is 580. The van der Waals surface area contributed by atoms with E-state index in [1.165, 1.54) is 0 Å². The van der Waals surface area contributed by atoms with E-state index in [0.29, 0.717) is 24.2 Å². The fourth-order valence-corrected chi connectivity index (χ4v) is 2.67. The predicted octanol–water partition coefficient (Wildman–Crippen LogP) is 2.18. The maximum Gasteiger partial charge on any atom is 0.319 e. The van der Waals surface area contributed by atoms with Gasteiger partial charge in [0.25, 0.3) is 0 Å². The molecule has 3 N–H and O–H groups in total. The fourth-order valence-electron chi connectivity index (χ4n) is 2.67. The Morgan fingerprint density at radius 2 is 2.19 bits per heavy atom. The summed E-state index contributed by atoms with van der Waals surface area (Å²) in [5, 5.41) is 23.2. The van der Waals surface area contributed by atoms with E-state index >= 15 is 0 Å². The number of amides is 2. The average Bonchev–Trinajstić information content (AvgIpc) is 2.94. The Morgan fingerprint density at radius 3 is 2.90 bits per heavy atom. The van der Waals surface area contributed by atoms with Gasteiger partial charge in [-0.3, -0.25) is 4.79 Å². The van der Waals surface area contributed by atoms with E-state index in [-0.39, 0.29) is 17.9 Å². The third kappa shape index (κ3) is 3.96. The topological polar surface area (TPSA) is 102 Å². The van der Waals surface area contributed by atoms with Gasteiger partial charge in [0, 0.05) is 12.2 Å². The Kier molecular flexibility index (Phi) is 4.77. The standard InChI is InChI=1S/C15H17N3O3/c16-8-10-3-1-5-12(7-10)18-15(21)17-9-11-4-2-6-13(11)14(19)20/h1,3,5,7,11,13H,2,4,6,9H2,(H,19,20)(H2,17,18,21). The van der Waals surface area contributed by atoms with Crippen LogP contribution in [0.25, 0.3) is 0 Å². The van der Waals surface area contributed by atoms with Gasteiger partial charge in [-0.2, -0.15) is 5.26 Å². The number of nitrogens with zero attached hydrogens (tertiary/aromatic N) is 1. The van der Waals surface area contributed by atoms with Gasteiger partial charge >= 0.3 is 12.0 Å². The number of aliphatic carboxylic acids is 1. The second-order valence-electron chi connectivity index (χ2n) is 5.16. The molecule has 1 aromatic rings. The Balaban J connectivity index is 1.85. The van der Waals surface area contributed by atoms with Gasteiger partial charge in [-0.25, -0.2) is 4.79 Å².